The molecule has 1 aromatic heterocycles. The van der Waals surface area contributed by atoms with Gasteiger partial charge < -0.3 is 10.5 Å². The van der Waals surface area contributed by atoms with Crippen molar-refractivity contribution in [2.24, 2.45) is 5.73 Å². The molecule has 1 heterocycles. The summed E-state index contributed by atoms with van der Waals surface area (Å²) in [5.41, 5.74) is 8.97. The number of hydrogen-bond donors (Lipinski definition) is 1. The largest absolute Gasteiger partial charge is 0.480 e. The molecule has 2 aromatic rings. The van der Waals surface area contributed by atoms with E-state index in [0.717, 1.165) is 15.6 Å². The van der Waals surface area contributed by atoms with Gasteiger partial charge in [-0.2, -0.15) is 0 Å². The molecular weight excluding hydrogens is 294 g/mol. The summed E-state index contributed by atoms with van der Waals surface area (Å²) in [6.45, 7) is 2.02. The molecule has 4 nitrogen and oxygen atoms in total. The molecule has 0 saturated carbocycles. The summed E-state index contributed by atoms with van der Waals surface area (Å²) >= 11 is 3.47. The standard InChI is InChI=1S/C13H14BrN3O/c1-8-5-9(7-10(14)6-8)11(15)12-13(18-2)17-4-3-16-12/h3-7,11H,15H2,1-2H3. The Morgan fingerprint density at radius 3 is 2.61 bits per heavy atom. The molecule has 0 saturated heterocycles. The zero-order valence-corrected chi connectivity index (χ0v) is 11.8. The van der Waals surface area contributed by atoms with Crippen molar-refractivity contribution in [3.8, 4) is 5.88 Å². The van der Waals surface area contributed by atoms with Gasteiger partial charge in [0.05, 0.1) is 13.2 Å². The third-order valence-electron chi connectivity index (χ3n) is 2.60. The number of nitrogens with zero attached hydrogens (tertiary/aromatic N) is 2. The molecule has 0 bridgehead atoms. The van der Waals surface area contributed by atoms with Crippen molar-refractivity contribution in [2.75, 3.05) is 7.11 Å². The summed E-state index contributed by atoms with van der Waals surface area (Å²) in [6, 6.07) is 5.68. The quantitative estimate of drug-likeness (QED) is 0.947. The first kappa shape index (κ1) is 13.0. The fraction of sp³-hybridized carbons (Fsp3) is 0.231. The maximum atomic E-state index is 6.23. The molecular formula is C13H14BrN3O. The van der Waals surface area contributed by atoms with Crippen LogP contribution in [-0.2, 0) is 0 Å². The Bertz CT molecular complexity index is 539. The van der Waals surface area contributed by atoms with Gasteiger partial charge in [0.1, 0.15) is 5.69 Å². The first-order valence-electron chi connectivity index (χ1n) is 5.49. The molecule has 1 atom stereocenters. The highest BCUT2D eigenvalue weighted by Crippen LogP contribution is 2.26. The van der Waals surface area contributed by atoms with E-state index in [2.05, 4.69) is 25.9 Å². The molecule has 5 heteroatoms. The van der Waals surface area contributed by atoms with Crippen LogP contribution in [0.1, 0.15) is 22.9 Å². The van der Waals surface area contributed by atoms with Crippen molar-refractivity contribution >= 4 is 15.9 Å². The van der Waals surface area contributed by atoms with Crippen LogP contribution in [-0.4, -0.2) is 17.1 Å². The molecule has 1 unspecified atom stereocenters. The number of benzene rings is 1. The number of aryl methyl sites for hydroxylation is 1. The van der Waals surface area contributed by atoms with E-state index in [9.17, 15) is 0 Å². The number of nitrogens with two attached hydrogens (primary N) is 1. The van der Waals surface area contributed by atoms with Gasteiger partial charge in [0.2, 0.25) is 5.88 Å². The summed E-state index contributed by atoms with van der Waals surface area (Å²) in [5.74, 6) is 0.461. The Labute approximate surface area is 114 Å². The third kappa shape index (κ3) is 2.68. The average molecular weight is 308 g/mol. The first-order chi connectivity index (χ1) is 8.61. The molecule has 0 spiro atoms. The highest BCUT2D eigenvalue weighted by molar-refractivity contribution is 9.10. The van der Waals surface area contributed by atoms with Crippen LogP contribution in [0, 0.1) is 6.92 Å². The smallest absolute Gasteiger partial charge is 0.237 e. The predicted molar refractivity (Wildman–Crippen MR) is 73.5 cm³/mol. The highest BCUT2D eigenvalue weighted by Gasteiger charge is 2.17. The number of halogens is 1. The maximum absolute atomic E-state index is 6.23. The Balaban J connectivity index is 2.44. The van der Waals surface area contributed by atoms with Crippen LogP contribution in [0.5, 0.6) is 5.88 Å². The minimum Gasteiger partial charge on any atom is -0.480 e. The Kier molecular flexibility index (Phi) is 3.93. The first-order valence-corrected chi connectivity index (χ1v) is 6.28. The third-order valence-corrected chi connectivity index (χ3v) is 3.06. The average Bonchev–Trinajstić information content (AvgIpc) is 2.36. The molecule has 0 aliphatic heterocycles. The van der Waals surface area contributed by atoms with E-state index in [4.69, 9.17) is 10.5 Å². The molecule has 0 aliphatic rings. The van der Waals surface area contributed by atoms with Crippen molar-refractivity contribution in [1.29, 1.82) is 0 Å². The number of aromatic nitrogens is 2. The lowest BCUT2D eigenvalue weighted by Crippen LogP contribution is -2.15. The minimum atomic E-state index is -0.357. The lowest BCUT2D eigenvalue weighted by atomic mass is 10.0. The van der Waals surface area contributed by atoms with Crippen LogP contribution in [0.2, 0.25) is 0 Å². The minimum absolute atomic E-state index is 0.357. The van der Waals surface area contributed by atoms with Gasteiger partial charge >= 0.3 is 0 Å². The number of methoxy groups -OCH3 is 1. The molecule has 94 valence electrons. The summed E-state index contributed by atoms with van der Waals surface area (Å²) < 4.78 is 6.18. The maximum Gasteiger partial charge on any atom is 0.237 e. The van der Waals surface area contributed by atoms with Crippen LogP contribution >= 0.6 is 15.9 Å². The van der Waals surface area contributed by atoms with Gasteiger partial charge in [0, 0.05) is 16.9 Å². The number of ether oxygens (including phenoxy) is 1. The number of hydrogen-bond acceptors (Lipinski definition) is 4. The van der Waals surface area contributed by atoms with Crippen LogP contribution in [0.15, 0.2) is 35.1 Å². The van der Waals surface area contributed by atoms with E-state index in [0.29, 0.717) is 11.6 Å². The van der Waals surface area contributed by atoms with Crippen molar-refractivity contribution in [3.63, 3.8) is 0 Å². The normalized spacial score (nSPS) is 12.2. The van der Waals surface area contributed by atoms with Gasteiger partial charge in [-0.15, -0.1) is 0 Å². The van der Waals surface area contributed by atoms with Gasteiger partial charge in [-0.3, -0.25) is 4.98 Å². The monoisotopic (exact) mass is 307 g/mol. The van der Waals surface area contributed by atoms with Crippen LogP contribution in [0.25, 0.3) is 0 Å². The molecule has 0 fully saturated rings. The summed E-state index contributed by atoms with van der Waals surface area (Å²) in [6.07, 6.45) is 3.20. The van der Waals surface area contributed by atoms with Crippen LogP contribution in [0.3, 0.4) is 0 Å². The Morgan fingerprint density at radius 1 is 1.22 bits per heavy atom. The fourth-order valence-corrected chi connectivity index (χ4v) is 2.43. The number of rotatable bonds is 3. The molecule has 2 N–H and O–H groups in total. The van der Waals surface area contributed by atoms with Crippen molar-refractivity contribution in [1.82, 2.24) is 9.97 Å². The molecule has 0 aliphatic carbocycles. The van der Waals surface area contributed by atoms with Gasteiger partial charge in [0.15, 0.2) is 0 Å². The molecule has 1 aromatic carbocycles. The van der Waals surface area contributed by atoms with Gasteiger partial charge in [-0.1, -0.05) is 22.0 Å². The van der Waals surface area contributed by atoms with Crippen LogP contribution in [0.4, 0.5) is 0 Å². The second-order valence-electron chi connectivity index (χ2n) is 3.99. The SMILES string of the molecule is COc1nccnc1C(N)c1cc(C)cc(Br)c1. The molecule has 0 amide bonds. The van der Waals surface area contributed by atoms with Gasteiger partial charge in [-0.05, 0) is 30.2 Å². The summed E-state index contributed by atoms with van der Waals surface area (Å²) in [4.78, 5) is 8.37. The van der Waals surface area contributed by atoms with Crippen molar-refractivity contribution in [3.05, 3.63) is 51.9 Å². The zero-order chi connectivity index (χ0) is 13.1. The molecule has 0 radical (unpaired) electrons. The predicted octanol–water partition coefficient (Wildman–Crippen LogP) is 2.60. The van der Waals surface area contributed by atoms with Crippen molar-refractivity contribution < 1.29 is 4.74 Å². The lowest BCUT2D eigenvalue weighted by molar-refractivity contribution is 0.387. The second-order valence-corrected chi connectivity index (χ2v) is 4.91. The molecule has 2 rings (SSSR count). The lowest BCUT2D eigenvalue weighted by Gasteiger charge is -2.14. The fourth-order valence-electron chi connectivity index (χ4n) is 1.81. The van der Waals surface area contributed by atoms with E-state index in [1.54, 1.807) is 19.5 Å². The topological polar surface area (TPSA) is 61.0 Å². The van der Waals surface area contributed by atoms with Gasteiger partial charge in [-0.25, -0.2) is 4.98 Å². The van der Waals surface area contributed by atoms with Gasteiger partial charge in [0.25, 0.3) is 0 Å². The Hall–Kier alpha value is -1.46. The second kappa shape index (κ2) is 5.46. The summed E-state index contributed by atoms with van der Waals surface area (Å²) in [7, 11) is 1.56. The summed E-state index contributed by atoms with van der Waals surface area (Å²) in [5, 5.41) is 0. The highest BCUT2D eigenvalue weighted by atomic mass is 79.9. The Morgan fingerprint density at radius 2 is 1.94 bits per heavy atom. The van der Waals surface area contributed by atoms with E-state index >= 15 is 0 Å². The van der Waals surface area contributed by atoms with E-state index in [1.807, 2.05) is 25.1 Å². The van der Waals surface area contributed by atoms with E-state index in [-0.39, 0.29) is 6.04 Å². The van der Waals surface area contributed by atoms with Crippen LogP contribution < -0.4 is 10.5 Å². The molecule has 18 heavy (non-hydrogen) atoms. The van der Waals surface area contributed by atoms with Crippen molar-refractivity contribution in [2.45, 2.75) is 13.0 Å². The zero-order valence-electron chi connectivity index (χ0n) is 10.2. The van der Waals surface area contributed by atoms with E-state index in [1.165, 1.54) is 0 Å². The van der Waals surface area contributed by atoms with E-state index < -0.39 is 0 Å².